The van der Waals surface area contributed by atoms with Gasteiger partial charge in [0.2, 0.25) is 0 Å². The maximum atomic E-state index is 14.4. The van der Waals surface area contributed by atoms with E-state index in [9.17, 15) is 22.4 Å². The van der Waals surface area contributed by atoms with Crippen LogP contribution in [0.5, 0.6) is 0 Å². The zero-order valence-corrected chi connectivity index (χ0v) is 23.6. The van der Waals surface area contributed by atoms with E-state index in [2.05, 4.69) is 25.3 Å². The third-order valence-electron chi connectivity index (χ3n) is 7.50. The average molecular weight is 597 g/mol. The van der Waals surface area contributed by atoms with E-state index in [1.165, 1.54) is 24.6 Å². The molecule has 2 N–H and O–H groups in total. The Morgan fingerprint density at radius 2 is 1.98 bits per heavy atom. The van der Waals surface area contributed by atoms with E-state index in [0.717, 1.165) is 23.6 Å². The van der Waals surface area contributed by atoms with Gasteiger partial charge in [-0.05, 0) is 62.1 Å². The Labute approximate surface area is 243 Å². The molecule has 0 unspecified atom stereocenters. The predicted molar refractivity (Wildman–Crippen MR) is 150 cm³/mol. The lowest BCUT2D eigenvalue weighted by atomic mass is 9.96. The van der Waals surface area contributed by atoms with Crippen LogP contribution in [0.4, 0.5) is 17.6 Å². The third kappa shape index (κ3) is 5.69. The van der Waals surface area contributed by atoms with Gasteiger partial charge in [0.25, 0.3) is 5.56 Å². The molecule has 224 valence electrons. The normalized spacial score (nSPS) is 14.5. The number of benzene rings is 1. The number of rotatable bonds is 9. The van der Waals surface area contributed by atoms with Crippen LogP contribution in [0.25, 0.3) is 39.2 Å². The van der Waals surface area contributed by atoms with Gasteiger partial charge >= 0.3 is 6.18 Å². The number of nitrogens with one attached hydrogen (secondary N) is 2. The van der Waals surface area contributed by atoms with Crippen LogP contribution < -0.4 is 10.9 Å². The molecule has 0 radical (unpaired) electrons. The molecular formula is C30H28F4N6O3. The topological polar surface area (TPSA) is 111 Å². The molecule has 0 amide bonds. The summed E-state index contributed by atoms with van der Waals surface area (Å²) < 4.78 is 68.8. The van der Waals surface area contributed by atoms with Crippen molar-refractivity contribution in [1.29, 1.82) is 0 Å². The smallest absolute Gasteiger partial charge is 0.419 e. The number of halogens is 4. The molecule has 1 aliphatic carbocycles. The fourth-order valence-electron chi connectivity index (χ4n) is 5.01. The molecule has 1 saturated carbocycles. The van der Waals surface area contributed by atoms with Crippen molar-refractivity contribution in [1.82, 2.24) is 29.8 Å². The summed E-state index contributed by atoms with van der Waals surface area (Å²) in [6, 6.07) is 7.53. The first-order valence-electron chi connectivity index (χ1n) is 13.7. The number of alkyl halides is 3. The first-order chi connectivity index (χ1) is 20.5. The lowest BCUT2D eigenvalue weighted by molar-refractivity contribution is -0.136. The fourth-order valence-corrected chi connectivity index (χ4v) is 5.01. The Kier molecular flexibility index (Phi) is 7.38. The van der Waals surface area contributed by atoms with Crippen LogP contribution in [0, 0.1) is 12.7 Å². The van der Waals surface area contributed by atoms with Crippen molar-refractivity contribution in [2.24, 2.45) is 0 Å². The number of hydrogen-bond acceptors (Lipinski definition) is 7. The van der Waals surface area contributed by atoms with Crippen molar-refractivity contribution in [2.75, 3.05) is 13.7 Å². The summed E-state index contributed by atoms with van der Waals surface area (Å²) in [6.45, 7) is 4.08. The summed E-state index contributed by atoms with van der Waals surface area (Å²) in [4.78, 5) is 29.5. The summed E-state index contributed by atoms with van der Waals surface area (Å²) in [5, 5.41) is 3.05. The second-order valence-electron chi connectivity index (χ2n) is 10.7. The molecule has 4 heterocycles. The number of pyridine rings is 2. The molecule has 1 atom stereocenters. The number of imidazole rings is 1. The second-order valence-corrected chi connectivity index (χ2v) is 10.7. The van der Waals surface area contributed by atoms with Crippen molar-refractivity contribution >= 4 is 11.0 Å². The molecule has 5 aromatic rings. The Bertz CT molecular complexity index is 1870. The highest BCUT2D eigenvalue weighted by Gasteiger charge is 2.36. The lowest BCUT2D eigenvalue weighted by Crippen LogP contribution is -2.26. The number of methoxy groups -OCH3 is 1. The summed E-state index contributed by atoms with van der Waals surface area (Å²) >= 11 is 0. The predicted octanol–water partition coefficient (Wildman–Crippen LogP) is 5.90. The second kappa shape index (κ2) is 11.0. The van der Waals surface area contributed by atoms with Gasteiger partial charge in [-0.3, -0.25) is 9.36 Å². The van der Waals surface area contributed by atoms with E-state index in [1.54, 1.807) is 20.1 Å². The largest absolute Gasteiger partial charge is 0.448 e. The summed E-state index contributed by atoms with van der Waals surface area (Å²) in [5.41, 5.74) is 0.0527. The Balaban J connectivity index is 1.51. The number of fused-ring (bicyclic) bond motifs is 1. The highest BCUT2D eigenvalue weighted by atomic mass is 19.4. The molecule has 0 saturated heterocycles. The third-order valence-corrected chi connectivity index (χ3v) is 7.50. The molecule has 6 rings (SSSR count). The summed E-state index contributed by atoms with van der Waals surface area (Å²) in [6.07, 6.45) is -1.22. The molecule has 0 spiro atoms. The molecular weight excluding hydrogens is 568 g/mol. The molecule has 13 heteroatoms. The van der Waals surface area contributed by atoms with Gasteiger partial charge < -0.3 is 19.5 Å². The van der Waals surface area contributed by atoms with E-state index < -0.39 is 28.6 Å². The van der Waals surface area contributed by atoms with Crippen molar-refractivity contribution in [3.63, 3.8) is 0 Å². The maximum absolute atomic E-state index is 14.4. The van der Waals surface area contributed by atoms with Crippen molar-refractivity contribution < 1.29 is 26.7 Å². The maximum Gasteiger partial charge on any atom is 0.419 e. The molecule has 1 fully saturated rings. The minimum Gasteiger partial charge on any atom is -0.448 e. The molecule has 0 aliphatic heterocycles. The number of oxazole rings is 1. The Hall–Kier alpha value is -4.36. The molecule has 9 nitrogen and oxygen atoms in total. The number of nitrogens with zero attached hydrogens (tertiary/aromatic N) is 4. The first kappa shape index (κ1) is 28.7. The minimum atomic E-state index is -4.80. The monoisotopic (exact) mass is 596 g/mol. The van der Waals surface area contributed by atoms with Crippen molar-refractivity contribution in [3.05, 3.63) is 81.9 Å². The molecule has 1 aliphatic rings. The van der Waals surface area contributed by atoms with E-state index in [1.807, 2.05) is 13.0 Å². The fraction of sp³-hybridized carbons (Fsp3) is 0.333. The van der Waals surface area contributed by atoms with Gasteiger partial charge in [0.1, 0.15) is 45.5 Å². The quantitative estimate of drug-likeness (QED) is 0.204. The number of aromatic nitrogens is 5. The van der Waals surface area contributed by atoms with Gasteiger partial charge in [-0.15, -0.1) is 0 Å². The van der Waals surface area contributed by atoms with E-state index in [-0.39, 0.29) is 35.7 Å². The van der Waals surface area contributed by atoms with Gasteiger partial charge in [0, 0.05) is 37.0 Å². The van der Waals surface area contributed by atoms with Crippen molar-refractivity contribution in [2.45, 2.75) is 51.4 Å². The van der Waals surface area contributed by atoms with Gasteiger partial charge in [-0.1, -0.05) is 6.07 Å². The van der Waals surface area contributed by atoms with Crippen molar-refractivity contribution in [3.8, 4) is 28.2 Å². The van der Waals surface area contributed by atoms with Crippen LogP contribution in [0.2, 0.25) is 0 Å². The molecule has 4 aromatic heterocycles. The van der Waals surface area contributed by atoms with Crippen LogP contribution in [-0.2, 0) is 17.5 Å². The van der Waals surface area contributed by atoms with Crippen LogP contribution in [0.3, 0.4) is 0 Å². The van der Waals surface area contributed by atoms with E-state index >= 15 is 0 Å². The molecule has 1 aromatic carbocycles. The van der Waals surface area contributed by atoms with E-state index in [0.29, 0.717) is 40.4 Å². The zero-order chi connectivity index (χ0) is 30.5. The number of ether oxygens (including phenoxy) is 1. The van der Waals surface area contributed by atoms with Gasteiger partial charge in [-0.2, -0.15) is 13.2 Å². The number of hydrogen-bond donors (Lipinski definition) is 2. The van der Waals surface area contributed by atoms with Crippen LogP contribution in [0.15, 0.2) is 52.1 Å². The molecule has 43 heavy (non-hydrogen) atoms. The minimum absolute atomic E-state index is 0.00661. The van der Waals surface area contributed by atoms with Crippen LogP contribution in [0.1, 0.15) is 48.5 Å². The Morgan fingerprint density at radius 3 is 2.65 bits per heavy atom. The first-order valence-corrected chi connectivity index (χ1v) is 13.7. The summed E-state index contributed by atoms with van der Waals surface area (Å²) in [5.74, 6) is 0.263. The SMILES string of the molecule is CO[C@@H](C)CNCc1nc2c(C(F)(F)F)cn(-c3cc(-c4ccc(F)cc4-c4ncoc4C)cc(C4CC4)n3)c(=O)c2[nH]1. The van der Waals surface area contributed by atoms with Gasteiger partial charge in [0.15, 0.2) is 6.39 Å². The average Bonchev–Trinajstić information content (AvgIpc) is 3.60. The highest BCUT2D eigenvalue weighted by Crippen LogP contribution is 2.42. The lowest BCUT2D eigenvalue weighted by Gasteiger charge is -2.15. The molecule has 0 bridgehead atoms. The van der Waals surface area contributed by atoms with E-state index in [4.69, 9.17) is 9.15 Å². The van der Waals surface area contributed by atoms with Gasteiger partial charge in [-0.25, -0.2) is 19.3 Å². The number of aryl methyl sites for hydroxylation is 1. The number of H-pyrrole nitrogens is 1. The Morgan fingerprint density at radius 1 is 1.19 bits per heavy atom. The van der Waals surface area contributed by atoms with Crippen LogP contribution in [-0.4, -0.2) is 44.3 Å². The number of aromatic amines is 1. The standard InChI is InChI=1S/C30H28F4N6O3/c1-15(42-3)11-35-12-24-38-27-22(30(32,33)34)13-40(29(41)28(27)39-24)25-9-18(8-23(37-25)17-4-5-17)20-7-6-19(31)10-21(20)26-16(2)43-14-36-26/h6-10,13-15,17,35H,4-5,11-12H2,1-3H3,(H,38,39)/t15-/m0/s1. The van der Waals surface area contributed by atoms with Crippen LogP contribution >= 0.6 is 0 Å². The zero-order valence-electron chi connectivity index (χ0n) is 23.6. The highest BCUT2D eigenvalue weighted by molar-refractivity contribution is 5.84. The summed E-state index contributed by atoms with van der Waals surface area (Å²) in [7, 11) is 1.55. The van der Waals surface area contributed by atoms with Gasteiger partial charge in [0.05, 0.1) is 12.6 Å².